The number of anilines is 4. The lowest BCUT2D eigenvalue weighted by Gasteiger charge is -2.29. The Morgan fingerprint density at radius 2 is 1.89 bits per heavy atom. The van der Waals surface area contributed by atoms with Gasteiger partial charge in [-0.3, -0.25) is 9.78 Å². The van der Waals surface area contributed by atoms with E-state index in [1.54, 1.807) is 18.0 Å². The molecule has 4 aromatic rings. The highest BCUT2D eigenvalue weighted by atomic mass is 16.5. The summed E-state index contributed by atoms with van der Waals surface area (Å²) < 4.78 is 18.5. The van der Waals surface area contributed by atoms with Crippen molar-refractivity contribution in [1.82, 2.24) is 29.9 Å². The summed E-state index contributed by atoms with van der Waals surface area (Å²) in [6.07, 6.45) is 5.56. The Morgan fingerprint density at radius 1 is 1.08 bits per heavy atom. The zero-order valence-electron chi connectivity index (χ0n) is 21.0. The Kier molecular flexibility index (Phi) is 6.49. The van der Waals surface area contributed by atoms with E-state index in [1.165, 1.54) is 0 Å². The standard InChI is InChI=1S/C25H31N9O3/c1-33-15-16(14-26-33)22-21-23(27-17-5-9-36-10-6-17)29-25(30-24(21)32-31-22)28-19-4-3-18(13-20(19)35-2)34-7-11-37-12-8-34/h3-4,13-15,17H,5-12H2,1-2H3,(H3,27,28,29,30,31,32). The number of aromatic nitrogens is 6. The van der Waals surface area contributed by atoms with E-state index in [2.05, 4.69) is 36.9 Å². The lowest BCUT2D eigenvalue weighted by Crippen LogP contribution is -2.36. The number of fused-ring (bicyclic) bond motifs is 1. The van der Waals surface area contributed by atoms with Gasteiger partial charge in [0.05, 0.1) is 43.3 Å². The number of H-pyrrole nitrogens is 1. The molecule has 5 heterocycles. The average Bonchev–Trinajstić information content (AvgIpc) is 3.56. The van der Waals surface area contributed by atoms with Crippen molar-refractivity contribution in [2.75, 3.05) is 62.2 Å². The van der Waals surface area contributed by atoms with E-state index in [1.807, 2.05) is 25.4 Å². The monoisotopic (exact) mass is 505 g/mol. The first-order valence-electron chi connectivity index (χ1n) is 12.5. The molecule has 12 heteroatoms. The van der Waals surface area contributed by atoms with Gasteiger partial charge in [-0.05, 0) is 25.0 Å². The number of methoxy groups -OCH3 is 1. The Hall–Kier alpha value is -3.90. The maximum atomic E-state index is 5.72. The molecule has 6 rings (SSSR count). The number of aryl methyl sites for hydroxylation is 1. The number of nitrogens with zero attached hydrogens (tertiary/aromatic N) is 6. The summed E-state index contributed by atoms with van der Waals surface area (Å²) in [5.74, 6) is 1.87. The fourth-order valence-corrected chi connectivity index (χ4v) is 4.80. The molecule has 0 saturated carbocycles. The van der Waals surface area contributed by atoms with Crippen LogP contribution in [0.4, 0.5) is 23.1 Å². The molecule has 0 radical (unpaired) electrons. The second-order valence-electron chi connectivity index (χ2n) is 9.24. The Labute approximate surface area is 214 Å². The summed E-state index contributed by atoms with van der Waals surface area (Å²) in [7, 11) is 3.55. The third-order valence-electron chi connectivity index (χ3n) is 6.78. The van der Waals surface area contributed by atoms with Crippen LogP contribution in [0.1, 0.15) is 12.8 Å². The summed E-state index contributed by atoms with van der Waals surface area (Å²) in [6.45, 7) is 4.62. The van der Waals surface area contributed by atoms with Crippen molar-refractivity contribution < 1.29 is 14.2 Å². The van der Waals surface area contributed by atoms with Crippen LogP contribution in [0.3, 0.4) is 0 Å². The summed E-state index contributed by atoms with van der Waals surface area (Å²) in [6, 6.07) is 6.35. The maximum Gasteiger partial charge on any atom is 0.231 e. The molecule has 2 aliphatic rings. The van der Waals surface area contributed by atoms with Crippen molar-refractivity contribution in [3.05, 3.63) is 30.6 Å². The number of nitrogens with one attached hydrogen (secondary N) is 3. The number of rotatable bonds is 7. The summed E-state index contributed by atoms with van der Waals surface area (Å²) in [4.78, 5) is 11.9. The van der Waals surface area contributed by atoms with Crippen molar-refractivity contribution in [1.29, 1.82) is 0 Å². The second kappa shape index (κ2) is 10.2. The first-order chi connectivity index (χ1) is 18.2. The van der Waals surface area contributed by atoms with Gasteiger partial charge in [0.1, 0.15) is 11.6 Å². The van der Waals surface area contributed by atoms with Crippen LogP contribution in [0.25, 0.3) is 22.3 Å². The third kappa shape index (κ3) is 4.89. The van der Waals surface area contributed by atoms with E-state index >= 15 is 0 Å². The molecule has 194 valence electrons. The van der Waals surface area contributed by atoms with Gasteiger partial charge >= 0.3 is 0 Å². The summed E-state index contributed by atoms with van der Waals surface area (Å²) in [5, 5.41) is 19.8. The number of hydrogen-bond acceptors (Lipinski definition) is 10. The van der Waals surface area contributed by atoms with Gasteiger partial charge in [-0.2, -0.15) is 20.2 Å². The summed E-state index contributed by atoms with van der Waals surface area (Å²) >= 11 is 0. The number of hydrogen-bond donors (Lipinski definition) is 3. The number of morpholine rings is 1. The van der Waals surface area contributed by atoms with E-state index in [0.717, 1.165) is 86.2 Å². The number of ether oxygens (including phenoxy) is 3. The minimum atomic E-state index is 0.249. The molecule has 1 aromatic carbocycles. The smallest absolute Gasteiger partial charge is 0.231 e. The van der Waals surface area contributed by atoms with E-state index in [4.69, 9.17) is 24.2 Å². The molecule has 2 aliphatic heterocycles. The molecule has 12 nitrogen and oxygen atoms in total. The van der Waals surface area contributed by atoms with E-state index in [9.17, 15) is 0 Å². The van der Waals surface area contributed by atoms with Crippen LogP contribution < -0.4 is 20.3 Å². The van der Waals surface area contributed by atoms with Crippen LogP contribution in [0.5, 0.6) is 5.75 Å². The fraction of sp³-hybridized carbons (Fsp3) is 0.440. The molecule has 2 fully saturated rings. The SMILES string of the molecule is COc1cc(N2CCOCC2)ccc1Nc1nc(NC2CCOCC2)c2c(-c3cnn(C)c3)[nH]nc2n1. The quantitative estimate of drug-likeness (QED) is 0.345. The highest BCUT2D eigenvalue weighted by Crippen LogP contribution is 2.35. The predicted molar refractivity (Wildman–Crippen MR) is 141 cm³/mol. The Morgan fingerprint density at radius 3 is 2.65 bits per heavy atom. The van der Waals surface area contributed by atoms with Crippen LogP contribution in [-0.2, 0) is 16.5 Å². The first-order valence-corrected chi connectivity index (χ1v) is 12.5. The molecule has 2 saturated heterocycles. The zero-order valence-corrected chi connectivity index (χ0v) is 21.0. The second-order valence-corrected chi connectivity index (χ2v) is 9.24. The minimum absolute atomic E-state index is 0.249. The molecule has 3 N–H and O–H groups in total. The summed E-state index contributed by atoms with van der Waals surface area (Å²) in [5.41, 5.74) is 4.19. The largest absolute Gasteiger partial charge is 0.494 e. The van der Waals surface area contributed by atoms with Crippen molar-refractivity contribution in [2.45, 2.75) is 18.9 Å². The molecular formula is C25H31N9O3. The van der Waals surface area contributed by atoms with Crippen LogP contribution in [-0.4, -0.2) is 82.6 Å². The van der Waals surface area contributed by atoms with Crippen LogP contribution in [0.2, 0.25) is 0 Å². The van der Waals surface area contributed by atoms with Gasteiger partial charge in [0.2, 0.25) is 5.95 Å². The van der Waals surface area contributed by atoms with Crippen LogP contribution >= 0.6 is 0 Å². The lowest BCUT2D eigenvalue weighted by atomic mass is 10.1. The van der Waals surface area contributed by atoms with Crippen molar-refractivity contribution in [2.24, 2.45) is 7.05 Å². The zero-order chi connectivity index (χ0) is 25.2. The van der Waals surface area contributed by atoms with Gasteiger partial charge in [-0.1, -0.05) is 0 Å². The van der Waals surface area contributed by atoms with E-state index < -0.39 is 0 Å². The van der Waals surface area contributed by atoms with Crippen LogP contribution in [0.15, 0.2) is 30.6 Å². The predicted octanol–water partition coefficient (Wildman–Crippen LogP) is 2.93. The normalized spacial score (nSPS) is 16.8. The Balaban J connectivity index is 1.35. The maximum absolute atomic E-state index is 5.72. The van der Waals surface area contributed by atoms with Gasteiger partial charge in [0.15, 0.2) is 5.65 Å². The molecule has 0 spiro atoms. The van der Waals surface area contributed by atoms with Crippen molar-refractivity contribution in [3.63, 3.8) is 0 Å². The highest BCUT2D eigenvalue weighted by Gasteiger charge is 2.22. The van der Waals surface area contributed by atoms with Crippen molar-refractivity contribution >= 4 is 34.2 Å². The fourth-order valence-electron chi connectivity index (χ4n) is 4.80. The third-order valence-corrected chi connectivity index (χ3v) is 6.78. The van der Waals surface area contributed by atoms with E-state index in [-0.39, 0.29) is 6.04 Å². The number of benzene rings is 1. The molecule has 37 heavy (non-hydrogen) atoms. The molecule has 3 aromatic heterocycles. The van der Waals surface area contributed by atoms with Gasteiger partial charge < -0.3 is 29.7 Å². The topological polar surface area (TPSA) is 127 Å². The molecule has 0 unspecified atom stereocenters. The molecule has 0 aliphatic carbocycles. The Bertz CT molecular complexity index is 1370. The first kappa shape index (κ1) is 23.5. The molecule has 0 bridgehead atoms. The minimum Gasteiger partial charge on any atom is -0.494 e. The van der Waals surface area contributed by atoms with Gasteiger partial charge in [-0.15, -0.1) is 0 Å². The van der Waals surface area contributed by atoms with E-state index in [0.29, 0.717) is 17.3 Å². The lowest BCUT2D eigenvalue weighted by molar-refractivity contribution is 0.0904. The average molecular weight is 506 g/mol. The van der Waals surface area contributed by atoms with Crippen molar-refractivity contribution in [3.8, 4) is 17.0 Å². The van der Waals surface area contributed by atoms with Gasteiger partial charge in [0, 0.05) is 62.9 Å². The number of aromatic amines is 1. The van der Waals surface area contributed by atoms with Gasteiger partial charge in [0.25, 0.3) is 0 Å². The van der Waals surface area contributed by atoms with Gasteiger partial charge in [-0.25, -0.2) is 0 Å². The molecule has 0 atom stereocenters. The molecule has 0 amide bonds. The highest BCUT2D eigenvalue weighted by molar-refractivity contribution is 5.99. The van der Waals surface area contributed by atoms with Crippen LogP contribution in [0, 0.1) is 0 Å². The molecular weight excluding hydrogens is 474 g/mol.